The molecule has 1 aliphatic carbocycles. The van der Waals surface area contributed by atoms with Gasteiger partial charge in [0.2, 0.25) is 0 Å². The zero-order valence-electron chi connectivity index (χ0n) is 15.4. The van der Waals surface area contributed by atoms with Crippen molar-refractivity contribution < 1.29 is 9.47 Å². The van der Waals surface area contributed by atoms with E-state index in [1.807, 2.05) is 25.2 Å². The van der Waals surface area contributed by atoms with Gasteiger partial charge in [-0.25, -0.2) is 0 Å². The number of nitrogens with zero attached hydrogens (tertiary/aromatic N) is 1. The quantitative estimate of drug-likeness (QED) is 0.474. The molecule has 25 heavy (non-hydrogen) atoms. The molecule has 3 unspecified atom stereocenters. The summed E-state index contributed by atoms with van der Waals surface area (Å²) in [5.41, 5.74) is 1.23. The lowest BCUT2D eigenvalue weighted by molar-refractivity contribution is -0.106. The van der Waals surface area contributed by atoms with Gasteiger partial charge in [-0.3, -0.25) is 4.99 Å². The molecule has 1 aromatic rings. The summed E-state index contributed by atoms with van der Waals surface area (Å²) in [6, 6.07) is 8.42. The summed E-state index contributed by atoms with van der Waals surface area (Å²) >= 11 is 0. The Morgan fingerprint density at radius 2 is 2.24 bits per heavy atom. The highest BCUT2D eigenvalue weighted by Gasteiger charge is 2.59. The maximum atomic E-state index is 5.87. The number of ether oxygens (including phenoxy) is 2. The van der Waals surface area contributed by atoms with Crippen molar-refractivity contribution in [3.05, 3.63) is 42.5 Å². The average molecular weight is 343 g/mol. The Hall–Kier alpha value is -2.01. The second-order valence-electron chi connectivity index (χ2n) is 7.32. The first kappa shape index (κ1) is 17.8. The Balaban J connectivity index is 1.60. The number of hydrogen-bond donors (Lipinski definition) is 2. The van der Waals surface area contributed by atoms with Crippen LogP contribution in [0.15, 0.2) is 41.9 Å². The lowest BCUT2D eigenvalue weighted by Gasteiger charge is -2.54. The molecule has 0 amide bonds. The van der Waals surface area contributed by atoms with Crippen molar-refractivity contribution in [3.8, 4) is 5.75 Å². The number of para-hydroxylation sites is 1. The first-order valence-corrected chi connectivity index (χ1v) is 8.98. The minimum atomic E-state index is 0.129. The van der Waals surface area contributed by atoms with E-state index in [4.69, 9.17) is 9.47 Å². The van der Waals surface area contributed by atoms with Crippen molar-refractivity contribution in [1.29, 1.82) is 0 Å². The van der Waals surface area contributed by atoms with Crippen LogP contribution in [-0.2, 0) is 11.3 Å². The first-order chi connectivity index (χ1) is 12.1. The van der Waals surface area contributed by atoms with Crippen molar-refractivity contribution in [2.75, 3.05) is 20.3 Å². The van der Waals surface area contributed by atoms with Gasteiger partial charge >= 0.3 is 0 Å². The second kappa shape index (κ2) is 7.48. The van der Waals surface area contributed by atoms with Crippen molar-refractivity contribution in [2.45, 2.75) is 39.0 Å². The molecular formula is C20H29N3O2. The van der Waals surface area contributed by atoms with E-state index in [1.54, 1.807) is 6.08 Å². The van der Waals surface area contributed by atoms with Crippen LogP contribution in [0.1, 0.15) is 25.8 Å². The Morgan fingerprint density at radius 1 is 1.44 bits per heavy atom. The van der Waals surface area contributed by atoms with Crippen LogP contribution < -0.4 is 15.4 Å². The molecule has 3 rings (SSSR count). The smallest absolute Gasteiger partial charge is 0.191 e. The first-order valence-electron chi connectivity index (χ1n) is 8.98. The Kier molecular flexibility index (Phi) is 5.33. The third kappa shape index (κ3) is 3.52. The molecule has 1 saturated heterocycles. The molecule has 1 aromatic carbocycles. The summed E-state index contributed by atoms with van der Waals surface area (Å²) < 4.78 is 11.6. The van der Waals surface area contributed by atoms with E-state index in [-0.39, 0.29) is 5.41 Å². The predicted octanol–water partition coefficient (Wildman–Crippen LogP) is 2.73. The second-order valence-corrected chi connectivity index (χ2v) is 7.32. The fourth-order valence-corrected chi connectivity index (χ4v) is 4.08. The topological polar surface area (TPSA) is 54.9 Å². The summed E-state index contributed by atoms with van der Waals surface area (Å²) in [5.74, 6) is 2.28. The summed E-state index contributed by atoms with van der Waals surface area (Å²) in [5, 5.41) is 7.01. The SMILES string of the molecule is C=CCOc1ccccc1CNC(=NC)NC1C2CCOC2C1(C)C. The zero-order chi connectivity index (χ0) is 17.9. The molecular weight excluding hydrogens is 314 g/mol. The molecule has 2 aliphatic rings. The molecule has 2 N–H and O–H groups in total. The molecule has 1 heterocycles. The Labute approximate surface area is 150 Å². The summed E-state index contributed by atoms with van der Waals surface area (Å²) in [7, 11) is 1.81. The fraction of sp³-hybridized carbons (Fsp3) is 0.550. The highest BCUT2D eigenvalue weighted by Crippen LogP contribution is 2.52. The standard InChI is InChI=1S/C20H29N3O2/c1-5-11-24-16-9-7-6-8-14(16)13-22-19(21-4)23-17-15-10-12-25-18(15)20(17,2)3/h5-9,15,17-18H,1,10-13H2,2-4H3,(H2,21,22,23). The van der Waals surface area contributed by atoms with Gasteiger partial charge in [-0.05, 0) is 12.5 Å². The molecule has 0 radical (unpaired) electrons. The third-order valence-electron chi connectivity index (χ3n) is 5.39. The molecule has 2 fully saturated rings. The molecule has 0 aromatic heterocycles. The molecule has 0 spiro atoms. The van der Waals surface area contributed by atoms with Crippen molar-refractivity contribution in [2.24, 2.45) is 16.3 Å². The van der Waals surface area contributed by atoms with Gasteiger partial charge in [0.15, 0.2) is 5.96 Å². The van der Waals surface area contributed by atoms with Crippen LogP contribution in [0, 0.1) is 11.3 Å². The van der Waals surface area contributed by atoms with Crippen LogP contribution in [0.25, 0.3) is 0 Å². The fourth-order valence-electron chi connectivity index (χ4n) is 4.08. The van der Waals surface area contributed by atoms with E-state index in [2.05, 4.69) is 42.1 Å². The largest absolute Gasteiger partial charge is 0.489 e. The number of rotatable bonds is 6. The van der Waals surface area contributed by atoms with Gasteiger partial charge in [-0.2, -0.15) is 0 Å². The molecule has 5 nitrogen and oxygen atoms in total. The van der Waals surface area contributed by atoms with Gasteiger partial charge in [0.1, 0.15) is 12.4 Å². The third-order valence-corrected chi connectivity index (χ3v) is 5.39. The lowest BCUT2D eigenvalue weighted by Crippen LogP contribution is -2.67. The zero-order valence-corrected chi connectivity index (χ0v) is 15.4. The van der Waals surface area contributed by atoms with Gasteiger partial charge in [-0.15, -0.1) is 0 Å². The van der Waals surface area contributed by atoms with E-state index in [9.17, 15) is 0 Å². The molecule has 136 valence electrons. The van der Waals surface area contributed by atoms with Gasteiger partial charge < -0.3 is 20.1 Å². The number of fused-ring (bicyclic) bond motifs is 1. The lowest BCUT2D eigenvalue weighted by atomic mass is 9.57. The number of hydrogen-bond acceptors (Lipinski definition) is 3. The highest BCUT2D eigenvalue weighted by atomic mass is 16.5. The maximum absolute atomic E-state index is 5.87. The molecule has 0 bridgehead atoms. The van der Waals surface area contributed by atoms with Crippen LogP contribution in [0.5, 0.6) is 5.75 Å². The van der Waals surface area contributed by atoms with E-state index >= 15 is 0 Å². The summed E-state index contributed by atoms with van der Waals surface area (Å²) in [6.45, 7) is 10.3. The van der Waals surface area contributed by atoms with Crippen LogP contribution in [0.3, 0.4) is 0 Å². The number of guanidine groups is 1. The predicted molar refractivity (Wildman–Crippen MR) is 101 cm³/mol. The minimum Gasteiger partial charge on any atom is -0.489 e. The van der Waals surface area contributed by atoms with Crippen molar-refractivity contribution in [1.82, 2.24) is 10.6 Å². The Bertz CT molecular complexity index is 642. The van der Waals surface area contributed by atoms with Crippen molar-refractivity contribution in [3.63, 3.8) is 0 Å². The highest BCUT2D eigenvalue weighted by molar-refractivity contribution is 5.80. The normalized spacial score (nSPS) is 27.2. The molecule has 1 aliphatic heterocycles. The number of nitrogens with one attached hydrogen (secondary N) is 2. The number of aliphatic imine (C=N–C) groups is 1. The minimum absolute atomic E-state index is 0.129. The van der Waals surface area contributed by atoms with Gasteiger partial charge in [0, 0.05) is 43.1 Å². The van der Waals surface area contributed by atoms with E-state index < -0.39 is 0 Å². The molecule has 3 atom stereocenters. The summed E-state index contributed by atoms with van der Waals surface area (Å²) in [6.07, 6.45) is 3.25. The maximum Gasteiger partial charge on any atom is 0.191 e. The monoisotopic (exact) mass is 343 g/mol. The van der Waals surface area contributed by atoms with Crippen molar-refractivity contribution >= 4 is 5.96 Å². The van der Waals surface area contributed by atoms with Crippen LogP contribution in [0.2, 0.25) is 0 Å². The Morgan fingerprint density at radius 3 is 3.00 bits per heavy atom. The van der Waals surface area contributed by atoms with E-state index in [0.717, 1.165) is 30.3 Å². The molecule has 1 saturated carbocycles. The van der Waals surface area contributed by atoms with Gasteiger partial charge in [-0.1, -0.05) is 44.7 Å². The van der Waals surface area contributed by atoms with E-state index in [1.165, 1.54) is 0 Å². The van der Waals surface area contributed by atoms with Crippen LogP contribution in [0.4, 0.5) is 0 Å². The number of benzene rings is 1. The van der Waals surface area contributed by atoms with Crippen LogP contribution >= 0.6 is 0 Å². The molecule has 5 heteroatoms. The van der Waals surface area contributed by atoms with E-state index in [0.29, 0.717) is 31.2 Å². The van der Waals surface area contributed by atoms with Gasteiger partial charge in [0.25, 0.3) is 0 Å². The van der Waals surface area contributed by atoms with Crippen LogP contribution in [-0.4, -0.2) is 38.4 Å². The summed E-state index contributed by atoms with van der Waals surface area (Å²) in [4.78, 5) is 4.39. The van der Waals surface area contributed by atoms with Gasteiger partial charge in [0.05, 0.1) is 6.10 Å². The average Bonchev–Trinajstić information content (AvgIpc) is 3.08.